The van der Waals surface area contributed by atoms with Crippen LogP contribution in [0.15, 0.2) is 18.3 Å². The van der Waals surface area contributed by atoms with Crippen molar-refractivity contribution in [2.75, 3.05) is 0 Å². The highest BCUT2D eigenvalue weighted by Crippen LogP contribution is 2.22. The Balaban J connectivity index is 2.14. The lowest BCUT2D eigenvalue weighted by atomic mass is 10.0. The smallest absolute Gasteiger partial charge is 0.102 e. The second kappa shape index (κ2) is 4.16. The molecular weight excluding hydrogens is 244 g/mol. The summed E-state index contributed by atoms with van der Waals surface area (Å²) in [5, 5.41) is 8.09. The predicted octanol–water partition coefficient (Wildman–Crippen LogP) is 2.24. The van der Waals surface area contributed by atoms with Crippen molar-refractivity contribution in [3.05, 3.63) is 33.2 Å². The number of aromatic nitrogens is 3. The number of hydrogen-bond acceptors (Lipinski definition) is 4. The number of halogens is 1. The Morgan fingerprint density at radius 1 is 1.50 bits per heavy atom. The third-order valence-corrected chi connectivity index (χ3v) is 3.36. The minimum atomic E-state index is -0.453. The SMILES string of the molecule is CC(C)(N)c1cn(Cc2ccc(Cl)s2)nn1. The Hall–Kier alpha value is -0.910. The summed E-state index contributed by atoms with van der Waals surface area (Å²) in [6, 6.07) is 3.87. The lowest BCUT2D eigenvalue weighted by molar-refractivity contribution is 0.533. The Morgan fingerprint density at radius 3 is 2.75 bits per heavy atom. The molecule has 2 aromatic heterocycles. The maximum Gasteiger partial charge on any atom is 0.102 e. The van der Waals surface area contributed by atoms with Gasteiger partial charge in [0.15, 0.2) is 0 Å². The molecule has 4 nitrogen and oxygen atoms in total. The Morgan fingerprint density at radius 2 is 2.25 bits per heavy atom. The van der Waals surface area contributed by atoms with E-state index in [1.54, 1.807) is 16.0 Å². The predicted molar refractivity (Wildman–Crippen MR) is 65.7 cm³/mol. The van der Waals surface area contributed by atoms with E-state index in [-0.39, 0.29) is 0 Å². The molecule has 0 aliphatic carbocycles. The molecule has 0 atom stereocenters. The summed E-state index contributed by atoms with van der Waals surface area (Å²) in [5.74, 6) is 0. The molecule has 0 bridgehead atoms. The minimum Gasteiger partial charge on any atom is -0.320 e. The van der Waals surface area contributed by atoms with Gasteiger partial charge >= 0.3 is 0 Å². The molecule has 0 amide bonds. The van der Waals surface area contributed by atoms with Gasteiger partial charge in [-0.1, -0.05) is 16.8 Å². The van der Waals surface area contributed by atoms with Crippen molar-refractivity contribution in [1.82, 2.24) is 15.0 Å². The summed E-state index contributed by atoms with van der Waals surface area (Å²) in [4.78, 5) is 1.15. The average molecular weight is 257 g/mol. The molecule has 6 heteroatoms. The van der Waals surface area contributed by atoms with Crippen LogP contribution in [0.3, 0.4) is 0 Å². The highest BCUT2D eigenvalue weighted by molar-refractivity contribution is 7.16. The Bertz CT molecular complexity index is 483. The molecule has 86 valence electrons. The van der Waals surface area contributed by atoms with E-state index in [2.05, 4.69) is 10.3 Å². The first-order valence-corrected chi connectivity index (χ1v) is 6.08. The largest absolute Gasteiger partial charge is 0.320 e. The molecule has 0 saturated heterocycles. The maximum atomic E-state index is 5.93. The minimum absolute atomic E-state index is 0.453. The van der Waals surface area contributed by atoms with E-state index in [0.29, 0.717) is 6.54 Å². The van der Waals surface area contributed by atoms with Crippen LogP contribution in [0.2, 0.25) is 4.34 Å². The molecule has 0 aliphatic heterocycles. The molecule has 0 aliphatic rings. The van der Waals surface area contributed by atoms with Crippen molar-refractivity contribution in [3.63, 3.8) is 0 Å². The molecular formula is C10H13ClN4S. The molecule has 0 aromatic carbocycles. The van der Waals surface area contributed by atoms with Crippen LogP contribution in [-0.2, 0) is 12.1 Å². The first-order valence-electron chi connectivity index (χ1n) is 4.89. The van der Waals surface area contributed by atoms with Gasteiger partial charge in [-0.3, -0.25) is 0 Å². The number of rotatable bonds is 3. The van der Waals surface area contributed by atoms with Gasteiger partial charge in [-0.25, -0.2) is 4.68 Å². The topological polar surface area (TPSA) is 56.7 Å². The van der Waals surface area contributed by atoms with Crippen LogP contribution in [0.25, 0.3) is 0 Å². The van der Waals surface area contributed by atoms with Gasteiger partial charge in [0.1, 0.15) is 5.69 Å². The highest BCUT2D eigenvalue weighted by atomic mass is 35.5. The molecule has 0 radical (unpaired) electrons. The summed E-state index contributed by atoms with van der Waals surface area (Å²) >= 11 is 7.40. The fourth-order valence-electron chi connectivity index (χ4n) is 1.27. The lowest BCUT2D eigenvalue weighted by Gasteiger charge is -2.13. The van der Waals surface area contributed by atoms with Crippen molar-refractivity contribution in [2.24, 2.45) is 5.73 Å². The third kappa shape index (κ3) is 2.61. The molecule has 0 fully saturated rings. The van der Waals surface area contributed by atoms with Gasteiger partial charge < -0.3 is 5.73 Å². The van der Waals surface area contributed by atoms with Crippen molar-refractivity contribution in [3.8, 4) is 0 Å². The van der Waals surface area contributed by atoms with Crippen molar-refractivity contribution in [2.45, 2.75) is 25.9 Å². The van der Waals surface area contributed by atoms with Crippen LogP contribution < -0.4 is 5.73 Å². The van der Waals surface area contributed by atoms with Crippen molar-refractivity contribution in [1.29, 1.82) is 0 Å². The molecule has 2 aromatic rings. The Kier molecular flexibility index (Phi) is 3.01. The zero-order valence-corrected chi connectivity index (χ0v) is 10.7. The number of nitrogens with zero attached hydrogens (tertiary/aromatic N) is 3. The van der Waals surface area contributed by atoms with Gasteiger partial charge in [-0.15, -0.1) is 16.4 Å². The van der Waals surface area contributed by atoms with Crippen LogP contribution >= 0.6 is 22.9 Å². The fourth-order valence-corrected chi connectivity index (χ4v) is 2.35. The second-order valence-electron chi connectivity index (χ2n) is 4.23. The van der Waals surface area contributed by atoms with Crippen LogP contribution in [0, 0.1) is 0 Å². The van der Waals surface area contributed by atoms with Gasteiger partial charge in [-0.2, -0.15) is 0 Å². The molecule has 0 spiro atoms. The summed E-state index contributed by atoms with van der Waals surface area (Å²) in [6.45, 7) is 4.49. The molecule has 0 unspecified atom stereocenters. The van der Waals surface area contributed by atoms with E-state index in [1.165, 1.54) is 0 Å². The number of hydrogen-bond donors (Lipinski definition) is 1. The average Bonchev–Trinajstić information content (AvgIpc) is 2.74. The molecule has 2 heterocycles. The normalized spacial score (nSPS) is 12.0. The molecule has 16 heavy (non-hydrogen) atoms. The van der Waals surface area contributed by atoms with Gasteiger partial charge in [0.2, 0.25) is 0 Å². The molecule has 0 saturated carbocycles. The first-order chi connectivity index (χ1) is 7.45. The zero-order chi connectivity index (χ0) is 11.8. The van der Waals surface area contributed by atoms with E-state index < -0.39 is 5.54 Å². The van der Waals surface area contributed by atoms with E-state index in [0.717, 1.165) is 14.9 Å². The van der Waals surface area contributed by atoms with Crippen LogP contribution in [0.1, 0.15) is 24.4 Å². The molecule has 2 rings (SSSR count). The summed E-state index contributed by atoms with van der Waals surface area (Å²) in [5.41, 5.74) is 6.27. The maximum absolute atomic E-state index is 5.93. The molecule has 2 N–H and O–H groups in total. The van der Waals surface area contributed by atoms with Crippen LogP contribution in [0.4, 0.5) is 0 Å². The highest BCUT2D eigenvalue weighted by Gasteiger charge is 2.18. The van der Waals surface area contributed by atoms with Gasteiger partial charge in [0, 0.05) is 4.88 Å². The summed E-state index contributed by atoms with van der Waals surface area (Å²) in [6.07, 6.45) is 1.87. The first kappa shape index (κ1) is 11.6. The Labute approximate surface area is 103 Å². The van der Waals surface area contributed by atoms with Gasteiger partial charge in [-0.05, 0) is 26.0 Å². The van der Waals surface area contributed by atoms with Crippen LogP contribution in [-0.4, -0.2) is 15.0 Å². The standard InChI is InChI=1S/C10H13ClN4S/c1-10(2,12)8-6-15(14-13-8)5-7-3-4-9(11)16-7/h3-4,6H,5,12H2,1-2H3. The van der Waals surface area contributed by atoms with E-state index in [4.69, 9.17) is 17.3 Å². The van der Waals surface area contributed by atoms with E-state index >= 15 is 0 Å². The van der Waals surface area contributed by atoms with E-state index in [9.17, 15) is 0 Å². The number of nitrogens with two attached hydrogens (primary N) is 1. The monoisotopic (exact) mass is 256 g/mol. The van der Waals surface area contributed by atoms with Gasteiger partial charge in [0.25, 0.3) is 0 Å². The summed E-state index contributed by atoms with van der Waals surface area (Å²) < 4.78 is 2.56. The van der Waals surface area contributed by atoms with E-state index in [1.807, 2.05) is 32.2 Å². The van der Waals surface area contributed by atoms with Crippen molar-refractivity contribution >= 4 is 22.9 Å². The lowest BCUT2D eigenvalue weighted by Crippen LogP contribution is -2.29. The van der Waals surface area contributed by atoms with Crippen LogP contribution in [0.5, 0.6) is 0 Å². The second-order valence-corrected chi connectivity index (χ2v) is 6.03. The number of thiophene rings is 1. The third-order valence-electron chi connectivity index (χ3n) is 2.15. The van der Waals surface area contributed by atoms with Gasteiger partial charge in [0.05, 0.1) is 22.6 Å². The van der Waals surface area contributed by atoms with Crippen molar-refractivity contribution < 1.29 is 0 Å². The quantitative estimate of drug-likeness (QED) is 0.916. The zero-order valence-electron chi connectivity index (χ0n) is 9.14. The summed E-state index contributed by atoms with van der Waals surface area (Å²) in [7, 11) is 0. The fraction of sp³-hybridized carbons (Fsp3) is 0.400.